The number of rotatable bonds is 5. The molecule has 1 N–H and O–H groups in total. The molecule has 6 heteroatoms. The molecule has 0 radical (unpaired) electrons. The van der Waals surface area contributed by atoms with Crippen LogP contribution >= 0.6 is 11.3 Å². The zero-order valence-electron chi connectivity index (χ0n) is 19.3. The Morgan fingerprint density at radius 2 is 1.57 bits per heavy atom. The van der Waals surface area contributed by atoms with Crippen LogP contribution in [-0.4, -0.2) is 16.8 Å². The van der Waals surface area contributed by atoms with Crippen molar-refractivity contribution < 1.29 is 19.4 Å². The number of anilines is 1. The van der Waals surface area contributed by atoms with Crippen LogP contribution in [0.15, 0.2) is 95.9 Å². The van der Waals surface area contributed by atoms with E-state index in [1.807, 2.05) is 73.8 Å². The van der Waals surface area contributed by atoms with Gasteiger partial charge in [0.05, 0.1) is 5.57 Å². The number of carbonyl (C=O) groups is 2. The van der Waals surface area contributed by atoms with E-state index < -0.39 is 17.7 Å². The van der Waals surface area contributed by atoms with E-state index in [4.69, 9.17) is 4.74 Å². The van der Waals surface area contributed by atoms with Crippen molar-refractivity contribution >= 4 is 34.5 Å². The summed E-state index contributed by atoms with van der Waals surface area (Å²) in [5.74, 6) is -0.238. The van der Waals surface area contributed by atoms with Crippen molar-refractivity contribution in [1.82, 2.24) is 0 Å². The van der Waals surface area contributed by atoms with Crippen LogP contribution in [0.2, 0.25) is 0 Å². The molecule has 0 saturated carbocycles. The third-order valence-corrected chi connectivity index (χ3v) is 7.06. The minimum Gasteiger partial charge on any atom is -0.507 e. The normalized spacial score (nSPS) is 17.1. The maximum absolute atomic E-state index is 13.3. The molecule has 35 heavy (non-hydrogen) atoms. The van der Waals surface area contributed by atoms with Crippen molar-refractivity contribution in [3.8, 4) is 11.5 Å². The van der Waals surface area contributed by atoms with Gasteiger partial charge in [-0.05, 0) is 78.9 Å². The van der Waals surface area contributed by atoms with Gasteiger partial charge in [0.1, 0.15) is 23.3 Å². The molecule has 1 aromatic heterocycles. The molecule has 0 aliphatic carbocycles. The molecule has 1 fully saturated rings. The summed E-state index contributed by atoms with van der Waals surface area (Å²) in [7, 11) is 0. The molecule has 0 spiro atoms. The highest BCUT2D eigenvalue weighted by molar-refractivity contribution is 7.10. The van der Waals surface area contributed by atoms with Crippen LogP contribution in [0, 0.1) is 13.8 Å². The maximum atomic E-state index is 13.3. The highest BCUT2D eigenvalue weighted by atomic mass is 32.1. The van der Waals surface area contributed by atoms with E-state index in [0.717, 1.165) is 16.0 Å². The van der Waals surface area contributed by atoms with Gasteiger partial charge in [-0.25, -0.2) is 0 Å². The molecule has 1 saturated heterocycles. The van der Waals surface area contributed by atoms with E-state index in [0.29, 0.717) is 22.7 Å². The lowest BCUT2D eigenvalue weighted by Crippen LogP contribution is -2.29. The summed E-state index contributed by atoms with van der Waals surface area (Å²) in [6.45, 7) is 3.93. The van der Waals surface area contributed by atoms with E-state index in [-0.39, 0.29) is 11.3 Å². The first-order valence-corrected chi connectivity index (χ1v) is 12.1. The number of aliphatic hydroxyl groups is 1. The Labute approximate surface area is 207 Å². The van der Waals surface area contributed by atoms with Crippen LogP contribution in [0.4, 0.5) is 5.69 Å². The van der Waals surface area contributed by atoms with Gasteiger partial charge in [0.2, 0.25) is 0 Å². The quantitative estimate of drug-likeness (QED) is 0.194. The Balaban J connectivity index is 1.56. The number of benzene rings is 3. The Kier molecular flexibility index (Phi) is 5.97. The van der Waals surface area contributed by atoms with Gasteiger partial charge >= 0.3 is 0 Å². The summed E-state index contributed by atoms with van der Waals surface area (Å²) in [6, 6.07) is 24.9. The number of ketones is 1. The summed E-state index contributed by atoms with van der Waals surface area (Å²) >= 11 is 1.43. The van der Waals surface area contributed by atoms with E-state index in [1.54, 1.807) is 30.3 Å². The van der Waals surface area contributed by atoms with Gasteiger partial charge in [-0.2, -0.15) is 0 Å². The van der Waals surface area contributed by atoms with Crippen molar-refractivity contribution in [2.75, 3.05) is 4.90 Å². The van der Waals surface area contributed by atoms with Crippen molar-refractivity contribution in [2.24, 2.45) is 0 Å². The van der Waals surface area contributed by atoms with E-state index >= 15 is 0 Å². The zero-order valence-corrected chi connectivity index (χ0v) is 20.1. The largest absolute Gasteiger partial charge is 0.507 e. The molecule has 2 heterocycles. The van der Waals surface area contributed by atoms with Gasteiger partial charge in [0, 0.05) is 16.1 Å². The number of aliphatic hydroxyl groups excluding tert-OH is 1. The third-order valence-electron chi connectivity index (χ3n) is 6.13. The van der Waals surface area contributed by atoms with Crippen LogP contribution in [0.5, 0.6) is 11.5 Å². The highest BCUT2D eigenvalue weighted by Crippen LogP contribution is 2.44. The van der Waals surface area contributed by atoms with Gasteiger partial charge in [-0.3, -0.25) is 14.5 Å². The molecule has 0 bridgehead atoms. The molecular formula is C29H23NO4S. The number of Topliss-reactive ketones (excluding diaryl/α,β-unsaturated/α-hetero) is 1. The first-order chi connectivity index (χ1) is 16.9. The molecule has 1 aliphatic heterocycles. The number of hydrogen-bond acceptors (Lipinski definition) is 5. The Bertz CT molecular complexity index is 1420. The molecule has 5 nitrogen and oxygen atoms in total. The minimum atomic E-state index is -0.725. The first kappa shape index (κ1) is 22.6. The molecule has 174 valence electrons. The lowest BCUT2D eigenvalue weighted by Gasteiger charge is -2.24. The minimum absolute atomic E-state index is 0.0883. The van der Waals surface area contributed by atoms with E-state index in [1.165, 1.54) is 16.2 Å². The maximum Gasteiger partial charge on any atom is 0.300 e. The molecule has 3 aromatic carbocycles. The van der Waals surface area contributed by atoms with Crippen molar-refractivity contribution in [1.29, 1.82) is 0 Å². The third kappa shape index (κ3) is 4.24. The topological polar surface area (TPSA) is 66.8 Å². The molecule has 1 aliphatic rings. The molecule has 5 rings (SSSR count). The van der Waals surface area contributed by atoms with Gasteiger partial charge in [-0.15, -0.1) is 11.3 Å². The molecular weight excluding hydrogens is 458 g/mol. The van der Waals surface area contributed by atoms with Crippen LogP contribution < -0.4 is 9.64 Å². The number of carbonyl (C=O) groups excluding carboxylic acids is 2. The zero-order chi connectivity index (χ0) is 24.5. The molecule has 1 unspecified atom stereocenters. The average molecular weight is 482 g/mol. The van der Waals surface area contributed by atoms with E-state index in [9.17, 15) is 14.7 Å². The average Bonchev–Trinajstić information content (AvgIpc) is 3.49. The van der Waals surface area contributed by atoms with Gasteiger partial charge < -0.3 is 9.84 Å². The van der Waals surface area contributed by atoms with Crippen molar-refractivity contribution in [2.45, 2.75) is 19.9 Å². The lowest BCUT2D eigenvalue weighted by atomic mass is 9.97. The number of aryl methyl sites for hydroxylation is 2. The Morgan fingerprint density at radius 1 is 0.857 bits per heavy atom. The van der Waals surface area contributed by atoms with Crippen LogP contribution in [-0.2, 0) is 9.59 Å². The standard InChI is InChI=1S/C29H23NO4S/c1-18-10-11-20(17-19(18)2)27(31)25-26(24-9-6-16-35-24)30(29(33)28(25)32)21-12-14-23(15-13-21)34-22-7-4-3-5-8-22/h3-17,26,31H,1-2H3/b27-25-. The second-order valence-electron chi connectivity index (χ2n) is 8.39. The summed E-state index contributed by atoms with van der Waals surface area (Å²) in [4.78, 5) is 28.7. The lowest BCUT2D eigenvalue weighted by molar-refractivity contribution is -0.132. The van der Waals surface area contributed by atoms with Crippen LogP contribution in [0.1, 0.15) is 27.6 Å². The second kappa shape index (κ2) is 9.24. The van der Waals surface area contributed by atoms with Crippen molar-refractivity contribution in [3.05, 3.63) is 117 Å². The summed E-state index contributed by atoms with van der Waals surface area (Å²) in [6.07, 6.45) is 0. The molecule has 1 atom stereocenters. The number of hydrogen-bond donors (Lipinski definition) is 1. The summed E-state index contributed by atoms with van der Waals surface area (Å²) in [5, 5.41) is 13.1. The Hall–Kier alpha value is -4.16. The SMILES string of the molecule is Cc1ccc(/C(O)=C2/C(=O)C(=O)N(c3ccc(Oc4ccccc4)cc3)C2c2cccs2)cc1C. The summed E-state index contributed by atoms with van der Waals surface area (Å²) in [5.41, 5.74) is 3.22. The highest BCUT2D eigenvalue weighted by Gasteiger charge is 2.47. The van der Waals surface area contributed by atoms with Crippen molar-refractivity contribution in [3.63, 3.8) is 0 Å². The van der Waals surface area contributed by atoms with Crippen LogP contribution in [0.3, 0.4) is 0 Å². The van der Waals surface area contributed by atoms with Gasteiger partial charge in [0.15, 0.2) is 0 Å². The number of nitrogens with zero attached hydrogens (tertiary/aromatic N) is 1. The monoisotopic (exact) mass is 481 g/mol. The first-order valence-electron chi connectivity index (χ1n) is 11.2. The second-order valence-corrected chi connectivity index (χ2v) is 9.37. The van der Waals surface area contributed by atoms with E-state index in [2.05, 4.69) is 0 Å². The number of thiophene rings is 1. The predicted octanol–water partition coefficient (Wildman–Crippen LogP) is 6.78. The number of para-hydroxylation sites is 1. The fraction of sp³-hybridized carbons (Fsp3) is 0.103. The smallest absolute Gasteiger partial charge is 0.300 e. The number of amides is 1. The number of ether oxygens (including phenoxy) is 1. The van der Waals surface area contributed by atoms with Gasteiger partial charge in [-0.1, -0.05) is 36.4 Å². The van der Waals surface area contributed by atoms with Gasteiger partial charge in [0.25, 0.3) is 11.7 Å². The van der Waals surface area contributed by atoms with Crippen LogP contribution in [0.25, 0.3) is 5.76 Å². The fourth-order valence-corrected chi connectivity index (χ4v) is 4.98. The fourth-order valence-electron chi connectivity index (χ4n) is 4.16. The molecule has 4 aromatic rings. The summed E-state index contributed by atoms with van der Waals surface area (Å²) < 4.78 is 5.86. The molecule has 1 amide bonds. The Morgan fingerprint density at radius 3 is 2.23 bits per heavy atom. The predicted molar refractivity (Wildman–Crippen MR) is 138 cm³/mol.